The molecule has 2 heterocycles. The molecule has 1 atom stereocenters. The predicted molar refractivity (Wildman–Crippen MR) is 133 cm³/mol. The average molecular weight is 513 g/mol. The van der Waals surface area contributed by atoms with Crippen LogP contribution in [0.15, 0.2) is 66.2 Å². The molecule has 9 heteroatoms. The number of aliphatic hydroxyl groups excluding tert-OH is 1. The summed E-state index contributed by atoms with van der Waals surface area (Å²) in [7, 11) is 1.89. The van der Waals surface area contributed by atoms with E-state index in [0.29, 0.717) is 30.0 Å². The van der Waals surface area contributed by atoms with Gasteiger partial charge in [0.15, 0.2) is 0 Å². The van der Waals surface area contributed by atoms with Gasteiger partial charge in [0.2, 0.25) is 0 Å². The Labute approximate surface area is 210 Å². The molecule has 3 aromatic rings. The molecule has 1 saturated heterocycles. The Bertz CT molecular complexity index is 1410. The largest absolute Gasteiger partial charge is 0.507 e. The lowest BCUT2D eigenvalue weighted by Crippen LogP contribution is -2.29. The Morgan fingerprint density at radius 2 is 1.86 bits per heavy atom. The number of likely N-dealkylation sites (N-methyl/N-ethyl adjacent to an activating group) is 1. The second kappa shape index (κ2) is 8.91. The first-order valence-electron chi connectivity index (χ1n) is 10.8. The van der Waals surface area contributed by atoms with Crippen molar-refractivity contribution >= 4 is 52.0 Å². The number of hydrogen-bond donors (Lipinski definition) is 1. The van der Waals surface area contributed by atoms with Gasteiger partial charge in [0.1, 0.15) is 23.9 Å². The average Bonchev–Trinajstić information content (AvgIpc) is 3.11. The summed E-state index contributed by atoms with van der Waals surface area (Å²) in [6.07, 6.45) is 0. The molecule has 1 fully saturated rings. The van der Waals surface area contributed by atoms with E-state index in [1.54, 1.807) is 24.3 Å². The number of aliphatic hydroxyl groups is 1. The molecule has 5 rings (SSSR count). The summed E-state index contributed by atoms with van der Waals surface area (Å²) in [6, 6.07) is 14.0. The molecule has 0 bridgehead atoms. The standard InChI is InChI=1S/C26H19Cl2FN2O4/c1-30-9-10-35-21-8-6-15(12-20(21)30)24(32)22-23(14-5-7-18(27)19(28)11-14)31(26(34)25(22)33)17-4-2-3-16(29)13-17/h2-8,11-13,23,32H,9-10H2,1H3/b24-22-. The fourth-order valence-corrected chi connectivity index (χ4v) is 4.68. The molecule has 0 spiro atoms. The van der Waals surface area contributed by atoms with Crippen LogP contribution in [0.3, 0.4) is 0 Å². The molecule has 1 N–H and O–H groups in total. The Balaban J connectivity index is 1.72. The zero-order valence-electron chi connectivity index (χ0n) is 18.5. The van der Waals surface area contributed by atoms with Crippen LogP contribution in [0.4, 0.5) is 15.8 Å². The van der Waals surface area contributed by atoms with Crippen molar-refractivity contribution in [2.45, 2.75) is 6.04 Å². The molecule has 35 heavy (non-hydrogen) atoms. The van der Waals surface area contributed by atoms with Crippen LogP contribution in [0.25, 0.3) is 5.76 Å². The maximum atomic E-state index is 14.1. The van der Waals surface area contributed by atoms with Crippen molar-refractivity contribution in [1.82, 2.24) is 0 Å². The molecule has 178 valence electrons. The van der Waals surface area contributed by atoms with E-state index in [2.05, 4.69) is 0 Å². The van der Waals surface area contributed by atoms with Crippen LogP contribution in [0, 0.1) is 5.82 Å². The van der Waals surface area contributed by atoms with E-state index < -0.39 is 23.5 Å². The summed E-state index contributed by atoms with van der Waals surface area (Å²) < 4.78 is 19.7. The Hall–Kier alpha value is -3.55. The van der Waals surface area contributed by atoms with Gasteiger partial charge >= 0.3 is 0 Å². The number of benzene rings is 3. The smallest absolute Gasteiger partial charge is 0.300 e. The van der Waals surface area contributed by atoms with Gasteiger partial charge in [0, 0.05) is 18.3 Å². The molecule has 0 saturated carbocycles. The lowest BCUT2D eigenvalue weighted by atomic mass is 9.94. The second-order valence-corrected chi connectivity index (χ2v) is 9.09. The third-order valence-corrected chi connectivity index (χ3v) is 6.86. The minimum atomic E-state index is -1.06. The third-order valence-electron chi connectivity index (χ3n) is 6.12. The van der Waals surface area contributed by atoms with Crippen LogP contribution in [0.2, 0.25) is 10.0 Å². The van der Waals surface area contributed by atoms with Crippen LogP contribution in [-0.4, -0.2) is 37.0 Å². The summed E-state index contributed by atoms with van der Waals surface area (Å²) in [5.41, 5.74) is 1.54. The number of ketones is 1. The van der Waals surface area contributed by atoms with Crippen molar-refractivity contribution in [3.05, 3.63) is 93.2 Å². The highest BCUT2D eigenvalue weighted by Crippen LogP contribution is 2.44. The number of hydrogen-bond acceptors (Lipinski definition) is 5. The van der Waals surface area contributed by atoms with E-state index in [1.165, 1.54) is 30.3 Å². The Kier molecular flexibility index (Phi) is 5.91. The minimum Gasteiger partial charge on any atom is -0.507 e. The Morgan fingerprint density at radius 1 is 1.06 bits per heavy atom. The summed E-state index contributed by atoms with van der Waals surface area (Å²) in [5, 5.41) is 11.9. The van der Waals surface area contributed by atoms with Crippen LogP contribution < -0.4 is 14.5 Å². The highest BCUT2D eigenvalue weighted by molar-refractivity contribution is 6.51. The van der Waals surface area contributed by atoms with Gasteiger partial charge in [-0.15, -0.1) is 0 Å². The number of fused-ring (bicyclic) bond motifs is 1. The lowest BCUT2D eigenvalue weighted by molar-refractivity contribution is -0.132. The first-order valence-corrected chi connectivity index (χ1v) is 11.5. The van der Waals surface area contributed by atoms with E-state index in [9.17, 15) is 19.1 Å². The first kappa shape index (κ1) is 23.2. The number of rotatable bonds is 3. The maximum absolute atomic E-state index is 14.1. The quantitative estimate of drug-likeness (QED) is 0.281. The molecule has 0 aromatic heterocycles. The van der Waals surface area contributed by atoms with Crippen LogP contribution in [0.5, 0.6) is 5.75 Å². The molecule has 3 aromatic carbocycles. The highest BCUT2D eigenvalue weighted by Gasteiger charge is 2.47. The number of carbonyl (C=O) groups excluding carboxylic acids is 2. The van der Waals surface area contributed by atoms with Gasteiger partial charge in [-0.25, -0.2) is 4.39 Å². The number of ether oxygens (including phenoxy) is 1. The predicted octanol–water partition coefficient (Wildman–Crippen LogP) is 5.59. The normalized spacial score (nSPS) is 19.0. The van der Waals surface area contributed by atoms with Gasteiger partial charge in [0.05, 0.1) is 33.9 Å². The molecule has 0 radical (unpaired) electrons. The molecule has 2 aliphatic rings. The number of Topliss-reactive ketones (excluding diaryl/α,β-unsaturated/α-hetero) is 1. The monoisotopic (exact) mass is 512 g/mol. The molecule has 1 amide bonds. The van der Waals surface area contributed by atoms with Crippen molar-refractivity contribution in [2.75, 3.05) is 30.0 Å². The van der Waals surface area contributed by atoms with E-state index in [4.69, 9.17) is 27.9 Å². The summed E-state index contributed by atoms with van der Waals surface area (Å²) in [4.78, 5) is 29.6. The fraction of sp³-hybridized carbons (Fsp3) is 0.154. The number of carbonyl (C=O) groups is 2. The number of anilines is 2. The first-order chi connectivity index (χ1) is 16.8. The van der Waals surface area contributed by atoms with Crippen molar-refractivity contribution in [2.24, 2.45) is 0 Å². The molecule has 6 nitrogen and oxygen atoms in total. The van der Waals surface area contributed by atoms with Gasteiger partial charge in [-0.3, -0.25) is 14.5 Å². The van der Waals surface area contributed by atoms with E-state index in [-0.39, 0.29) is 27.1 Å². The molecule has 1 unspecified atom stereocenters. The van der Waals surface area contributed by atoms with Crippen molar-refractivity contribution < 1.29 is 23.8 Å². The molecule has 2 aliphatic heterocycles. The third kappa shape index (κ3) is 4.00. The van der Waals surface area contributed by atoms with Gasteiger partial charge in [-0.05, 0) is 54.1 Å². The van der Waals surface area contributed by atoms with Crippen LogP contribution in [0.1, 0.15) is 17.2 Å². The Morgan fingerprint density at radius 3 is 2.60 bits per heavy atom. The lowest BCUT2D eigenvalue weighted by Gasteiger charge is -2.28. The second-order valence-electron chi connectivity index (χ2n) is 8.28. The van der Waals surface area contributed by atoms with Crippen LogP contribution >= 0.6 is 23.2 Å². The number of halogens is 3. The summed E-state index contributed by atoms with van der Waals surface area (Å²) in [5.74, 6) is -2.08. The topological polar surface area (TPSA) is 70.1 Å². The zero-order valence-corrected chi connectivity index (χ0v) is 20.0. The van der Waals surface area contributed by atoms with Gasteiger partial charge in [-0.1, -0.05) is 35.3 Å². The van der Waals surface area contributed by atoms with Crippen molar-refractivity contribution in [3.8, 4) is 5.75 Å². The van der Waals surface area contributed by atoms with E-state index >= 15 is 0 Å². The summed E-state index contributed by atoms with van der Waals surface area (Å²) >= 11 is 12.3. The fourth-order valence-electron chi connectivity index (χ4n) is 4.38. The highest BCUT2D eigenvalue weighted by atomic mass is 35.5. The molecule has 0 aliphatic carbocycles. The number of nitrogens with zero attached hydrogens (tertiary/aromatic N) is 2. The van der Waals surface area contributed by atoms with E-state index in [0.717, 1.165) is 16.7 Å². The maximum Gasteiger partial charge on any atom is 0.300 e. The van der Waals surface area contributed by atoms with E-state index in [1.807, 2.05) is 11.9 Å². The van der Waals surface area contributed by atoms with Gasteiger partial charge < -0.3 is 14.7 Å². The zero-order chi connectivity index (χ0) is 24.9. The van der Waals surface area contributed by atoms with Crippen molar-refractivity contribution in [3.63, 3.8) is 0 Å². The summed E-state index contributed by atoms with van der Waals surface area (Å²) in [6.45, 7) is 1.19. The number of amides is 1. The molecular weight excluding hydrogens is 494 g/mol. The minimum absolute atomic E-state index is 0.142. The van der Waals surface area contributed by atoms with Crippen LogP contribution in [-0.2, 0) is 9.59 Å². The molecular formula is C26H19Cl2FN2O4. The SMILES string of the molecule is CN1CCOc2ccc(/C(O)=C3/C(=O)C(=O)N(c4cccc(F)c4)C3c3ccc(Cl)c(Cl)c3)cc21. The van der Waals surface area contributed by atoms with Crippen molar-refractivity contribution in [1.29, 1.82) is 0 Å². The van der Waals surface area contributed by atoms with Gasteiger partial charge in [-0.2, -0.15) is 0 Å². The van der Waals surface area contributed by atoms with Gasteiger partial charge in [0.25, 0.3) is 11.7 Å².